The van der Waals surface area contributed by atoms with Crippen LogP contribution in [0.2, 0.25) is 0 Å². The van der Waals surface area contributed by atoms with E-state index in [-0.39, 0.29) is 42.0 Å². The van der Waals surface area contributed by atoms with Gasteiger partial charge in [-0.3, -0.25) is 19.3 Å². The van der Waals surface area contributed by atoms with Gasteiger partial charge in [-0.15, -0.1) is 35.5 Å². The summed E-state index contributed by atoms with van der Waals surface area (Å²) in [4.78, 5) is 62.1. The molecule has 0 aromatic carbocycles. The maximum absolute atomic E-state index is 12.9. The van der Waals surface area contributed by atoms with Gasteiger partial charge in [0.2, 0.25) is 5.91 Å². The van der Waals surface area contributed by atoms with Crippen LogP contribution < -0.4 is 10.6 Å². The molecule has 2 aliphatic rings. The van der Waals surface area contributed by atoms with Crippen molar-refractivity contribution in [2.24, 2.45) is 5.16 Å². The Morgan fingerprint density at radius 3 is 2.67 bits per heavy atom. The van der Waals surface area contributed by atoms with E-state index in [1.165, 1.54) is 30.7 Å². The van der Waals surface area contributed by atoms with Crippen LogP contribution in [0.5, 0.6) is 0 Å². The quantitative estimate of drug-likeness (QED) is 0.176. The Morgan fingerprint density at radius 1 is 1.31 bits per heavy atom. The summed E-state index contributed by atoms with van der Waals surface area (Å²) in [6.07, 6.45) is 1.66. The maximum Gasteiger partial charge on any atom is 0.354 e. The minimum Gasteiger partial charge on any atom is -0.460 e. The third-order valence-electron chi connectivity index (χ3n) is 5.30. The summed E-state index contributed by atoms with van der Waals surface area (Å²) in [5.74, 6) is -1.45. The maximum atomic E-state index is 12.9. The van der Waals surface area contributed by atoms with Crippen LogP contribution in [0.25, 0.3) is 0 Å². The van der Waals surface area contributed by atoms with E-state index < -0.39 is 29.2 Å². The molecule has 12 nitrogen and oxygen atoms in total. The zero-order valence-electron chi connectivity index (χ0n) is 20.3. The highest BCUT2D eigenvalue weighted by Gasteiger charge is 2.53. The van der Waals surface area contributed by atoms with Crippen molar-refractivity contribution < 1.29 is 28.8 Å². The zero-order valence-corrected chi connectivity index (χ0v) is 22.8. The molecule has 0 spiro atoms. The third-order valence-corrected chi connectivity index (χ3v) is 7.25. The molecule has 0 radical (unpaired) electrons. The van der Waals surface area contributed by atoms with Crippen molar-refractivity contribution >= 4 is 70.0 Å². The first kappa shape index (κ1) is 29.5. The topological polar surface area (TPSA) is 143 Å². The van der Waals surface area contributed by atoms with Gasteiger partial charge in [0.15, 0.2) is 10.8 Å². The molecular formula is C21H29ClN6O6S2. The Morgan fingerprint density at radius 2 is 2.03 bits per heavy atom. The van der Waals surface area contributed by atoms with Gasteiger partial charge in [0.05, 0.1) is 0 Å². The molecule has 1 aromatic rings. The number of esters is 1. The van der Waals surface area contributed by atoms with Crippen molar-refractivity contribution in [3.8, 4) is 0 Å². The molecule has 1 saturated heterocycles. The molecule has 2 N–H and O–H groups in total. The van der Waals surface area contributed by atoms with Crippen LogP contribution in [0.15, 0.2) is 22.3 Å². The van der Waals surface area contributed by atoms with Crippen molar-refractivity contribution in [1.82, 2.24) is 20.1 Å². The van der Waals surface area contributed by atoms with Crippen LogP contribution in [0.3, 0.4) is 0 Å². The second-order valence-corrected chi connectivity index (χ2v) is 9.48. The van der Waals surface area contributed by atoms with Gasteiger partial charge in [-0.25, -0.2) is 9.78 Å². The van der Waals surface area contributed by atoms with Gasteiger partial charge in [-0.1, -0.05) is 19.0 Å². The standard InChI is InChI=1S/C21H28N6O6S2.ClH/c1-5-26(6-2)8-9-33-20(31)14-7-10-34-19-16(18(30)27(14)19)24-17(29)15(25-32-4)13-11-35-21(23-13)22-12(3)28;/h7,11,16,19H,5-6,8-10H2,1-4H3,(H,24,29)(H,22,23,28);1H/b25-15-;/t16-,19-;/m1./s1. The minimum atomic E-state index is -0.852. The lowest BCUT2D eigenvalue weighted by molar-refractivity contribution is -0.152. The average molecular weight is 561 g/mol. The first-order valence-electron chi connectivity index (χ1n) is 11.0. The van der Waals surface area contributed by atoms with E-state index in [9.17, 15) is 19.2 Å². The second-order valence-electron chi connectivity index (χ2n) is 7.48. The number of carbonyl (C=O) groups excluding carboxylic acids is 4. The first-order valence-corrected chi connectivity index (χ1v) is 12.9. The molecule has 0 aliphatic carbocycles. The SMILES string of the molecule is CCN(CC)CCOC(=O)C1=CCS[C@@H]2[C@H](NC(=O)/C(=N\OC)c3csc(NC(C)=O)n3)C(=O)N12.Cl. The number of halogens is 1. The van der Waals surface area contributed by atoms with Gasteiger partial charge < -0.3 is 25.1 Å². The Bertz CT molecular complexity index is 1040. The molecule has 15 heteroatoms. The summed E-state index contributed by atoms with van der Waals surface area (Å²) in [6.45, 7) is 7.95. The summed E-state index contributed by atoms with van der Waals surface area (Å²) >= 11 is 2.54. The molecule has 2 atom stereocenters. The number of nitrogens with one attached hydrogen (secondary N) is 2. The molecule has 1 aromatic heterocycles. The van der Waals surface area contributed by atoms with Crippen molar-refractivity contribution in [2.45, 2.75) is 32.2 Å². The number of carbonyl (C=O) groups is 4. The van der Waals surface area contributed by atoms with E-state index in [1.54, 1.807) is 11.5 Å². The van der Waals surface area contributed by atoms with Gasteiger partial charge in [0.25, 0.3) is 11.8 Å². The van der Waals surface area contributed by atoms with Crippen LogP contribution in [0.4, 0.5) is 5.13 Å². The van der Waals surface area contributed by atoms with Crippen molar-refractivity contribution in [3.63, 3.8) is 0 Å². The Hall–Kier alpha value is -2.68. The van der Waals surface area contributed by atoms with Crippen LogP contribution in [-0.4, -0.2) is 94.7 Å². The molecule has 0 bridgehead atoms. The molecular weight excluding hydrogens is 532 g/mol. The van der Waals surface area contributed by atoms with E-state index in [0.29, 0.717) is 17.4 Å². The summed E-state index contributed by atoms with van der Waals surface area (Å²) in [5.41, 5.74) is 0.239. The fourth-order valence-corrected chi connectivity index (χ4v) is 5.44. The normalized spacial score (nSPS) is 18.9. The number of aromatic nitrogens is 1. The van der Waals surface area contributed by atoms with Crippen LogP contribution in [-0.2, 0) is 28.8 Å². The van der Waals surface area contributed by atoms with Gasteiger partial charge in [0, 0.05) is 24.6 Å². The van der Waals surface area contributed by atoms with Crippen molar-refractivity contribution in [2.75, 3.05) is 44.4 Å². The second kappa shape index (κ2) is 13.6. The molecule has 3 heterocycles. The minimum absolute atomic E-state index is 0. The Kier molecular flexibility index (Phi) is 11.1. The number of anilines is 1. The lowest BCUT2D eigenvalue weighted by Crippen LogP contribution is -2.70. The molecule has 36 heavy (non-hydrogen) atoms. The first-order chi connectivity index (χ1) is 16.8. The number of hydrogen-bond acceptors (Lipinski definition) is 11. The number of likely N-dealkylation sites (N-methyl/N-ethyl adjacent to an activating group) is 1. The number of ether oxygens (including phenoxy) is 1. The summed E-state index contributed by atoms with van der Waals surface area (Å²) in [5, 5.41) is 10.3. The van der Waals surface area contributed by atoms with Crippen molar-refractivity contribution in [3.05, 3.63) is 22.8 Å². The monoisotopic (exact) mass is 560 g/mol. The lowest BCUT2D eigenvalue weighted by atomic mass is 10.0. The number of rotatable bonds is 11. The molecule has 3 rings (SSSR count). The lowest BCUT2D eigenvalue weighted by Gasteiger charge is -2.48. The highest BCUT2D eigenvalue weighted by molar-refractivity contribution is 8.00. The number of nitrogens with zero attached hydrogens (tertiary/aromatic N) is 4. The fourth-order valence-electron chi connectivity index (χ4n) is 3.51. The molecule has 3 amide bonds. The van der Waals surface area contributed by atoms with Crippen LogP contribution in [0.1, 0.15) is 26.5 Å². The Labute approximate surface area is 223 Å². The zero-order chi connectivity index (χ0) is 25.5. The summed E-state index contributed by atoms with van der Waals surface area (Å²) in [7, 11) is 1.28. The van der Waals surface area contributed by atoms with E-state index in [1.807, 2.05) is 13.8 Å². The number of fused-ring (bicyclic) bond motifs is 1. The van der Waals surface area contributed by atoms with Crippen molar-refractivity contribution in [1.29, 1.82) is 0 Å². The van der Waals surface area contributed by atoms with Gasteiger partial charge >= 0.3 is 5.97 Å². The number of thioether (sulfide) groups is 1. The summed E-state index contributed by atoms with van der Waals surface area (Å²) in [6, 6.07) is -0.852. The third kappa shape index (κ3) is 6.75. The molecule has 1 fully saturated rings. The molecule has 2 aliphatic heterocycles. The van der Waals surface area contributed by atoms with Gasteiger partial charge in [0.1, 0.15) is 36.5 Å². The largest absolute Gasteiger partial charge is 0.460 e. The van der Waals surface area contributed by atoms with Crippen LogP contribution in [0, 0.1) is 0 Å². The van der Waals surface area contributed by atoms with Gasteiger partial charge in [-0.2, -0.15) is 0 Å². The highest BCUT2D eigenvalue weighted by atomic mass is 35.5. The number of β-lactam (4-membered cyclic amide) rings is 1. The number of thiazole rings is 1. The fraction of sp³-hybridized carbons (Fsp3) is 0.524. The van der Waals surface area contributed by atoms with E-state index >= 15 is 0 Å². The Balaban J connectivity index is 0.00000456. The van der Waals surface area contributed by atoms with E-state index in [4.69, 9.17) is 9.57 Å². The molecule has 198 valence electrons. The highest BCUT2D eigenvalue weighted by Crippen LogP contribution is 2.37. The predicted molar refractivity (Wildman–Crippen MR) is 139 cm³/mol. The molecule has 0 unspecified atom stereocenters. The average Bonchev–Trinajstić information content (AvgIpc) is 3.29. The number of amides is 3. The van der Waals surface area contributed by atoms with Gasteiger partial charge in [-0.05, 0) is 19.2 Å². The predicted octanol–water partition coefficient (Wildman–Crippen LogP) is 1.04. The number of oxime groups is 1. The van der Waals surface area contributed by atoms with E-state index in [2.05, 4.69) is 25.7 Å². The summed E-state index contributed by atoms with van der Waals surface area (Å²) < 4.78 is 5.38. The smallest absolute Gasteiger partial charge is 0.354 e. The molecule has 0 saturated carbocycles. The van der Waals surface area contributed by atoms with Crippen LogP contribution >= 0.6 is 35.5 Å². The number of hydrogen-bond donors (Lipinski definition) is 2. The van der Waals surface area contributed by atoms with E-state index in [0.717, 1.165) is 24.4 Å².